The van der Waals surface area contributed by atoms with Crippen molar-refractivity contribution in [3.63, 3.8) is 0 Å². The van der Waals surface area contributed by atoms with Crippen molar-refractivity contribution in [1.29, 1.82) is 0 Å². The van der Waals surface area contributed by atoms with Crippen LogP contribution >= 0.6 is 0 Å². The van der Waals surface area contributed by atoms with Crippen molar-refractivity contribution >= 4 is 11.0 Å². The van der Waals surface area contributed by atoms with Gasteiger partial charge in [-0.15, -0.1) is 0 Å². The third-order valence-electron chi connectivity index (χ3n) is 3.45. The van der Waals surface area contributed by atoms with Crippen molar-refractivity contribution in [2.75, 3.05) is 27.2 Å². The fourth-order valence-electron chi connectivity index (χ4n) is 2.55. The fourth-order valence-corrected chi connectivity index (χ4v) is 2.55. The number of hydrogen-bond acceptors (Lipinski definition) is 3. The van der Waals surface area contributed by atoms with Gasteiger partial charge in [0.15, 0.2) is 5.88 Å². The second-order valence-corrected chi connectivity index (χ2v) is 5.06. The molecule has 0 N–H and O–H groups in total. The predicted molar refractivity (Wildman–Crippen MR) is 72.1 cm³/mol. The fraction of sp³-hybridized carbons (Fsp3) is 0.500. The van der Waals surface area contributed by atoms with E-state index in [1.165, 1.54) is 11.1 Å². The highest BCUT2D eigenvalue weighted by molar-refractivity contribution is 5.83. The normalized spacial score (nSPS) is 14.8. The number of fused-ring (bicyclic) bond motifs is 3. The second-order valence-electron chi connectivity index (χ2n) is 5.06. The van der Waals surface area contributed by atoms with Crippen LogP contribution in [0.4, 0.5) is 0 Å². The Hall–Kier alpha value is -1.55. The maximum Gasteiger partial charge on any atom is 0.199 e. The minimum absolute atomic E-state index is 0.825. The van der Waals surface area contributed by atoms with E-state index in [1.54, 1.807) is 0 Å². The van der Waals surface area contributed by atoms with Crippen molar-refractivity contribution < 1.29 is 4.74 Å². The molecule has 0 bridgehead atoms. The van der Waals surface area contributed by atoms with E-state index in [1.807, 2.05) is 12.3 Å². The zero-order valence-corrected chi connectivity index (χ0v) is 11.0. The summed E-state index contributed by atoms with van der Waals surface area (Å²) in [6.07, 6.45) is 4.04. The van der Waals surface area contributed by atoms with Gasteiger partial charge in [0.2, 0.25) is 0 Å². The third-order valence-corrected chi connectivity index (χ3v) is 3.45. The van der Waals surface area contributed by atoms with Crippen LogP contribution in [0.3, 0.4) is 0 Å². The molecule has 0 radical (unpaired) electrons. The molecule has 0 spiro atoms. The summed E-state index contributed by atoms with van der Waals surface area (Å²) >= 11 is 0. The van der Waals surface area contributed by atoms with Crippen LogP contribution in [-0.2, 0) is 13.0 Å². The maximum atomic E-state index is 5.88. The van der Waals surface area contributed by atoms with Crippen molar-refractivity contribution in [2.45, 2.75) is 19.4 Å². The van der Waals surface area contributed by atoms with Crippen LogP contribution in [0.5, 0.6) is 5.88 Å². The lowest BCUT2D eigenvalue weighted by Gasteiger charge is -2.18. The number of aromatic nitrogens is 2. The molecule has 0 saturated heterocycles. The number of pyridine rings is 1. The Kier molecular flexibility index (Phi) is 2.96. The van der Waals surface area contributed by atoms with Crippen LogP contribution in [0.25, 0.3) is 11.0 Å². The monoisotopic (exact) mass is 245 g/mol. The highest BCUT2D eigenvalue weighted by Crippen LogP contribution is 2.34. The molecule has 2 aromatic rings. The Morgan fingerprint density at radius 3 is 3.17 bits per heavy atom. The van der Waals surface area contributed by atoms with Crippen LogP contribution in [0.1, 0.15) is 12.0 Å². The molecule has 0 aromatic carbocycles. The summed E-state index contributed by atoms with van der Waals surface area (Å²) in [4.78, 5) is 6.72. The van der Waals surface area contributed by atoms with E-state index >= 15 is 0 Å². The zero-order valence-electron chi connectivity index (χ0n) is 11.0. The number of hydrogen-bond donors (Lipinski definition) is 0. The van der Waals surface area contributed by atoms with E-state index in [4.69, 9.17) is 4.74 Å². The van der Waals surface area contributed by atoms with Gasteiger partial charge in [-0.2, -0.15) is 0 Å². The van der Waals surface area contributed by atoms with Crippen LogP contribution < -0.4 is 4.74 Å². The van der Waals surface area contributed by atoms with Crippen LogP contribution in [-0.4, -0.2) is 41.7 Å². The molecule has 4 heteroatoms. The van der Waals surface area contributed by atoms with E-state index in [0.717, 1.165) is 43.9 Å². The number of nitrogens with zero attached hydrogens (tertiary/aromatic N) is 3. The van der Waals surface area contributed by atoms with E-state index < -0.39 is 0 Å². The molecule has 2 aromatic heterocycles. The summed E-state index contributed by atoms with van der Waals surface area (Å²) in [6.45, 7) is 2.78. The predicted octanol–water partition coefficient (Wildman–Crippen LogP) is 1.92. The molecule has 96 valence electrons. The van der Waals surface area contributed by atoms with Gasteiger partial charge >= 0.3 is 0 Å². The highest BCUT2D eigenvalue weighted by atomic mass is 16.5. The van der Waals surface area contributed by atoms with Crippen molar-refractivity contribution in [1.82, 2.24) is 14.5 Å². The molecule has 1 aliphatic heterocycles. The van der Waals surface area contributed by atoms with Crippen LogP contribution in [0.15, 0.2) is 18.3 Å². The van der Waals surface area contributed by atoms with E-state index in [-0.39, 0.29) is 0 Å². The molecule has 3 heterocycles. The minimum Gasteiger partial charge on any atom is -0.479 e. The molecule has 0 fully saturated rings. The van der Waals surface area contributed by atoms with Crippen molar-refractivity contribution in [2.24, 2.45) is 0 Å². The van der Waals surface area contributed by atoms with Gasteiger partial charge in [0.1, 0.15) is 0 Å². The molecular formula is C14H19N3O. The molecule has 0 unspecified atom stereocenters. The quantitative estimate of drug-likeness (QED) is 0.827. The Balaban J connectivity index is 2.10. The molecule has 4 nitrogen and oxygen atoms in total. The average Bonchev–Trinajstić information content (AvgIpc) is 2.71. The summed E-state index contributed by atoms with van der Waals surface area (Å²) in [5, 5.41) is 0. The first kappa shape index (κ1) is 11.5. The van der Waals surface area contributed by atoms with Crippen molar-refractivity contribution in [3.05, 3.63) is 23.9 Å². The minimum atomic E-state index is 0.825. The topological polar surface area (TPSA) is 30.3 Å². The van der Waals surface area contributed by atoms with E-state index in [9.17, 15) is 0 Å². The number of rotatable bonds is 3. The van der Waals surface area contributed by atoms with Gasteiger partial charge in [-0.3, -0.25) is 4.98 Å². The number of likely N-dealkylation sites (N-methyl/N-ethyl adjacent to an activating group) is 1. The molecule has 1 aliphatic rings. The van der Waals surface area contributed by atoms with Gasteiger partial charge in [0, 0.05) is 24.8 Å². The van der Waals surface area contributed by atoms with Gasteiger partial charge < -0.3 is 14.2 Å². The van der Waals surface area contributed by atoms with Crippen LogP contribution in [0, 0.1) is 0 Å². The third kappa shape index (κ3) is 1.86. The SMILES string of the molecule is CN(C)CCn1c2c(c3ncccc31)CCCO2. The summed E-state index contributed by atoms with van der Waals surface area (Å²) in [5.74, 6) is 1.04. The van der Waals surface area contributed by atoms with Gasteiger partial charge in [-0.25, -0.2) is 0 Å². The smallest absolute Gasteiger partial charge is 0.199 e. The number of ether oxygens (including phenoxy) is 1. The Bertz CT molecular complexity index is 559. The first-order valence-electron chi connectivity index (χ1n) is 6.51. The molecule has 0 aliphatic carbocycles. The first-order chi connectivity index (χ1) is 8.77. The van der Waals surface area contributed by atoms with E-state index in [2.05, 4.69) is 34.6 Å². The van der Waals surface area contributed by atoms with Gasteiger partial charge in [-0.1, -0.05) is 0 Å². The standard InChI is InChI=1S/C14H19N3O/c1-16(2)8-9-17-12-6-3-7-15-13(12)11-5-4-10-18-14(11)17/h3,6-7H,4-5,8-10H2,1-2H3. The van der Waals surface area contributed by atoms with Gasteiger partial charge in [-0.05, 0) is 39.1 Å². The second kappa shape index (κ2) is 4.61. The Labute approximate surface area is 107 Å². The van der Waals surface area contributed by atoms with Gasteiger partial charge in [0.05, 0.1) is 17.6 Å². The Morgan fingerprint density at radius 2 is 2.33 bits per heavy atom. The molecule has 0 saturated carbocycles. The number of aryl methyl sites for hydroxylation is 1. The summed E-state index contributed by atoms with van der Waals surface area (Å²) in [7, 11) is 4.19. The van der Waals surface area contributed by atoms with Gasteiger partial charge in [0.25, 0.3) is 0 Å². The molecule has 0 amide bonds. The summed E-state index contributed by atoms with van der Waals surface area (Å²) in [6, 6.07) is 4.14. The zero-order chi connectivity index (χ0) is 12.5. The van der Waals surface area contributed by atoms with Crippen LogP contribution in [0.2, 0.25) is 0 Å². The Morgan fingerprint density at radius 1 is 1.44 bits per heavy atom. The maximum absolute atomic E-state index is 5.88. The lowest BCUT2D eigenvalue weighted by molar-refractivity contribution is 0.260. The molecular weight excluding hydrogens is 226 g/mol. The van der Waals surface area contributed by atoms with Crippen molar-refractivity contribution in [3.8, 4) is 5.88 Å². The lowest BCUT2D eigenvalue weighted by Crippen LogP contribution is -2.20. The first-order valence-corrected chi connectivity index (χ1v) is 6.51. The highest BCUT2D eigenvalue weighted by Gasteiger charge is 2.21. The summed E-state index contributed by atoms with van der Waals surface area (Å²) in [5.41, 5.74) is 3.60. The molecule has 18 heavy (non-hydrogen) atoms. The average molecular weight is 245 g/mol. The summed E-state index contributed by atoms with van der Waals surface area (Å²) < 4.78 is 8.15. The van der Waals surface area contributed by atoms with E-state index in [0.29, 0.717) is 0 Å². The largest absolute Gasteiger partial charge is 0.479 e. The molecule has 3 rings (SSSR count). The molecule has 0 atom stereocenters. The lowest BCUT2D eigenvalue weighted by atomic mass is 10.1.